The molecule has 1 aliphatic heterocycles. The van der Waals surface area contributed by atoms with Crippen molar-refractivity contribution in [1.29, 1.82) is 0 Å². The zero-order valence-electron chi connectivity index (χ0n) is 14.8. The zero-order valence-corrected chi connectivity index (χ0v) is 19.6. The van der Waals surface area contributed by atoms with E-state index in [4.69, 9.17) is 17.0 Å². The van der Waals surface area contributed by atoms with E-state index in [1.54, 1.807) is 12.0 Å². The molecule has 4 nitrogen and oxygen atoms in total. The van der Waals surface area contributed by atoms with Crippen LogP contribution < -0.4 is 14.5 Å². The molecule has 0 unspecified atom stereocenters. The van der Waals surface area contributed by atoms with Crippen LogP contribution in [0.1, 0.15) is 5.56 Å². The molecule has 0 spiro atoms. The summed E-state index contributed by atoms with van der Waals surface area (Å²) in [6.45, 7) is 0. The standard InChI is InChI=1S/C19H16Br2N2O2S2/c1-22(2)13-4-6-14(7-5-13)23-18(24)16(27-19(23)26)9-11-8-12(20)10-15(21)17(11)25-3/h4-10H,1-3H3/b16-9+. The molecule has 140 valence electrons. The zero-order chi connectivity index (χ0) is 19.7. The summed E-state index contributed by atoms with van der Waals surface area (Å²) in [6, 6.07) is 11.5. The summed E-state index contributed by atoms with van der Waals surface area (Å²) < 4.78 is 7.67. The third-order valence-corrected chi connectivity index (χ3v) is 6.29. The first-order valence-corrected chi connectivity index (χ1v) is 10.7. The highest BCUT2D eigenvalue weighted by Gasteiger charge is 2.33. The van der Waals surface area contributed by atoms with Crippen LogP contribution in [0.2, 0.25) is 0 Å². The third kappa shape index (κ3) is 4.23. The molecule has 8 heteroatoms. The normalized spacial score (nSPS) is 15.6. The number of nitrogens with zero attached hydrogens (tertiary/aromatic N) is 2. The maximum absolute atomic E-state index is 13.0. The van der Waals surface area contributed by atoms with Crippen molar-refractivity contribution in [3.05, 3.63) is 55.8 Å². The molecular weight excluding hydrogens is 512 g/mol. The van der Waals surface area contributed by atoms with Crippen molar-refractivity contribution in [2.75, 3.05) is 31.0 Å². The second-order valence-electron chi connectivity index (χ2n) is 5.94. The Morgan fingerprint density at radius 2 is 1.85 bits per heavy atom. The van der Waals surface area contributed by atoms with E-state index < -0.39 is 0 Å². The molecule has 27 heavy (non-hydrogen) atoms. The molecule has 1 saturated heterocycles. The first kappa shape index (κ1) is 20.4. The number of anilines is 2. The summed E-state index contributed by atoms with van der Waals surface area (Å²) in [5.74, 6) is 0.527. The second kappa shape index (κ2) is 8.34. The number of thioether (sulfide) groups is 1. The first-order chi connectivity index (χ1) is 12.8. The molecule has 2 aromatic rings. The lowest BCUT2D eigenvalue weighted by molar-refractivity contribution is -0.113. The van der Waals surface area contributed by atoms with Crippen LogP contribution in [-0.2, 0) is 4.79 Å². The van der Waals surface area contributed by atoms with Crippen LogP contribution in [0.25, 0.3) is 6.08 Å². The summed E-state index contributed by atoms with van der Waals surface area (Å²) in [6.07, 6.45) is 1.81. The van der Waals surface area contributed by atoms with Gasteiger partial charge in [-0.05, 0) is 58.4 Å². The van der Waals surface area contributed by atoms with Crippen LogP contribution in [-0.4, -0.2) is 31.4 Å². The number of thiocarbonyl (C=S) groups is 1. The fourth-order valence-corrected chi connectivity index (χ4v) is 5.34. The van der Waals surface area contributed by atoms with Gasteiger partial charge >= 0.3 is 0 Å². The summed E-state index contributed by atoms with van der Waals surface area (Å²) in [5.41, 5.74) is 2.61. The Balaban J connectivity index is 1.96. The smallest absolute Gasteiger partial charge is 0.270 e. The Labute approximate surface area is 184 Å². The molecule has 1 fully saturated rings. The molecule has 0 saturated carbocycles. The van der Waals surface area contributed by atoms with Crippen LogP contribution in [0.15, 0.2) is 50.2 Å². The summed E-state index contributed by atoms with van der Waals surface area (Å²) in [7, 11) is 5.55. The van der Waals surface area contributed by atoms with Crippen molar-refractivity contribution in [3.63, 3.8) is 0 Å². The van der Waals surface area contributed by atoms with Gasteiger partial charge in [-0.3, -0.25) is 9.69 Å². The van der Waals surface area contributed by atoms with Crippen LogP contribution in [0.5, 0.6) is 5.75 Å². The maximum Gasteiger partial charge on any atom is 0.270 e. The molecule has 0 aromatic heterocycles. The van der Waals surface area contributed by atoms with Crippen LogP contribution in [0.3, 0.4) is 0 Å². The average molecular weight is 528 g/mol. The topological polar surface area (TPSA) is 32.8 Å². The number of carbonyl (C=O) groups excluding carboxylic acids is 1. The van der Waals surface area contributed by atoms with Gasteiger partial charge in [-0.15, -0.1) is 0 Å². The van der Waals surface area contributed by atoms with Gasteiger partial charge in [0.05, 0.1) is 22.2 Å². The van der Waals surface area contributed by atoms with Crippen molar-refractivity contribution in [2.45, 2.75) is 0 Å². The lowest BCUT2D eigenvalue weighted by atomic mass is 10.2. The van der Waals surface area contributed by atoms with Gasteiger partial charge in [-0.25, -0.2) is 0 Å². The van der Waals surface area contributed by atoms with Crippen LogP contribution in [0.4, 0.5) is 11.4 Å². The van der Waals surface area contributed by atoms with E-state index in [0.29, 0.717) is 15.0 Å². The molecule has 1 amide bonds. The molecule has 3 rings (SSSR count). The van der Waals surface area contributed by atoms with Crippen molar-refractivity contribution >= 4 is 83.5 Å². The molecule has 2 aromatic carbocycles. The number of amides is 1. The van der Waals surface area contributed by atoms with E-state index >= 15 is 0 Å². The van der Waals surface area contributed by atoms with E-state index in [1.807, 2.05) is 61.5 Å². The minimum Gasteiger partial charge on any atom is -0.495 e. The Morgan fingerprint density at radius 3 is 2.44 bits per heavy atom. The van der Waals surface area contributed by atoms with E-state index in [-0.39, 0.29) is 5.91 Å². The predicted molar refractivity (Wildman–Crippen MR) is 125 cm³/mol. The Bertz CT molecular complexity index is 943. The summed E-state index contributed by atoms with van der Waals surface area (Å²) in [5, 5.41) is 0. The molecule has 0 atom stereocenters. The van der Waals surface area contributed by atoms with Crippen molar-refractivity contribution in [2.24, 2.45) is 0 Å². The van der Waals surface area contributed by atoms with Gasteiger partial charge < -0.3 is 9.64 Å². The summed E-state index contributed by atoms with van der Waals surface area (Å²) >= 11 is 13.7. The van der Waals surface area contributed by atoms with Gasteiger partial charge in [0, 0.05) is 29.8 Å². The molecule has 0 radical (unpaired) electrons. The largest absolute Gasteiger partial charge is 0.495 e. The van der Waals surface area contributed by atoms with Gasteiger partial charge in [0.25, 0.3) is 5.91 Å². The highest BCUT2D eigenvalue weighted by molar-refractivity contribution is 9.11. The number of rotatable bonds is 4. The molecule has 0 aliphatic carbocycles. The first-order valence-electron chi connectivity index (χ1n) is 7.90. The maximum atomic E-state index is 13.0. The third-order valence-electron chi connectivity index (χ3n) is 3.95. The SMILES string of the molecule is COc1c(Br)cc(Br)cc1/C=C1/SC(=S)N(c2ccc(N(C)C)cc2)C1=O. The van der Waals surface area contributed by atoms with Crippen molar-refractivity contribution in [3.8, 4) is 5.75 Å². The Hall–Kier alpha value is -1.35. The van der Waals surface area contributed by atoms with E-state index in [2.05, 4.69) is 31.9 Å². The van der Waals surface area contributed by atoms with Gasteiger partial charge in [-0.2, -0.15) is 0 Å². The Morgan fingerprint density at radius 1 is 1.19 bits per heavy atom. The Kier molecular flexibility index (Phi) is 6.30. The number of ether oxygens (including phenoxy) is 1. The number of benzene rings is 2. The summed E-state index contributed by atoms with van der Waals surface area (Å²) in [4.78, 5) is 17.1. The highest BCUT2D eigenvalue weighted by Crippen LogP contribution is 2.39. The number of hydrogen-bond acceptors (Lipinski definition) is 5. The molecule has 0 bridgehead atoms. The molecule has 1 heterocycles. The van der Waals surface area contributed by atoms with Crippen LogP contribution in [0, 0.1) is 0 Å². The number of methoxy groups -OCH3 is 1. The van der Waals surface area contributed by atoms with E-state index in [0.717, 1.165) is 25.9 Å². The number of hydrogen-bond donors (Lipinski definition) is 0. The quantitative estimate of drug-likeness (QED) is 0.376. The van der Waals surface area contributed by atoms with Crippen molar-refractivity contribution < 1.29 is 9.53 Å². The fraction of sp³-hybridized carbons (Fsp3) is 0.158. The monoisotopic (exact) mass is 526 g/mol. The van der Waals surface area contributed by atoms with Gasteiger partial charge in [-0.1, -0.05) is 39.9 Å². The van der Waals surface area contributed by atoms with E-state index in [1.165, 1.54) is 11.8 Å². The van der Waals surface area contributed by atoms with Crippen LogP contribution >= 0.6 is 55.8 Å². The average Bonchev–Trinajstić information content (AvgIpc) is 2.88. The molecular formula is C19H16Br2N2O2S2. The lowest BCUT2D eigenvalue weighted by Gasteiger charge is -2.17. The highest BCUT2D eigenvalue weighted by atomic mass is 79.9. The number of halogens is 2. The van der Waals surface area contributed by atoms with Crippen molar-refractivity contribution in [1.82, 2.24) is 0 Å². The minimum absolute atomic E-state index is 0.138. The second-order valence-corrected chi connectivity index (χ2v) is 9.38. The lowest BCUT2D eigenvalue weighted by Crippen LogP contribution is -2.27. The van der Waals surface area contributed by atoms with Gasteiger partial charge in [0.2, 0.25) is 0 Å². The van der Waals surface area contributed by atoms with E-state index in [9.17, 15) is 4.79 Å². The van der Waals surface area contributed by atoms with Gasteiger partial charge in [0.1, 0.15) is 5.75 Å². The predicted octanol–water partition coefficient (Wildman–Crippen LogP) is 5.69. The van der Waals surface area contributed by atoms with Gasteiger partial charge in [0.15, 0.2) is 4.32 Å². The molecule has 0 N–H and O–H groups in total. The minimum atomic E-state index is -0.138. The fourth-order valence-electron chi connectivity index (χ4n) is 2.63. The number of carbonyl (C=O) groups is 1. The molecule has 1 aliphatic rings.